The molecule has 0 bridgehead atoms. The van der Waals surface area contributed by atoms with Crippen molar-refractivity contribution in [2.75, 3.05) is 6.61 Å². The van der Waals surface area contributed by atoms with Crippen molar-refractivity contribution in [1.29, 1.82) is 0 Å². The van der Waals surface area contributed by atoms with Crippen LogP contribution in [-0.4, -0.2) is 28.0 Å². The van der Waals surface area contributed by atoms with E-state index >= 15 is 0 Å². The second-order valence-electron chi connectivity index (χ2n) is 3.79. The van der Waals surface area contributed by atoms with Crippen molar-refractivity contribution in [2.24, 2.45) is 0 Å². The first-order valence-electron chi connectivity index (χ1n) is 5.13. The van der Waals surface area contributed by atoms with Crippen LogP contribution in [0.1, 0.15) is 24.5 Å². The molecule has 2 atom stereocenters. The van der Waals surface area contributed by atoms with Gasteiger partial charge < -0.3 is 15.3 Å². The number of rotatable bonds is 4. The lowest BCUT2D eigenvalue weighted by Crippen LogP contribution is -2.41. The molecule has 3 heteroatoms. The predicted octanol–water partition coefficient (Wildman–Crippen LogP) is 0.946. The third kappa shape index (κ3) is 2.20. The van der Waals surface area contributed by atoms with E-state index in [1.165, 1.54) is 0 Å². The molecular weight excluding hydrogens is 192 g/mol. The van der Waals surface area contributed by atoms with Crippen LogP contribution in [0.5, 0.6) is 0 Å². The van der Waals surface area contributed by atoms with Crippen LogP contribution in [0.15, 0.2) is 24.3 Å². The lowest BCUT2D eigenvalue weighted by Gasteiger charge is -2.32. The SMILES string of the molecule is CCC(O)(c1ccccc1C)C(O)CO. The minimum absolute atomic E-state index is 0.361. The van der Waals surface area contributed by atoms with Crippen molar-refractivity contribution in [1.82, 2.24) is 0 Å². The van der Waals surface area contributed by atoms with E-state index < -0.39 is 18.3 Å². The molecule has 3 N–H and O–H groups in total. The number of hydrogen-bond acceptors (Lipinski definition) is 3. The maximum Gasteiger partial charge on any atom is 0.118 e. The van der Waals surface area contributed by atoms with Gasteiger partial charge in [0, 0.05) is 0 Å². The monoisotopic (exact) mass is 210 g/mol. The third-order valence-corrected chi connectivity index (χ3v) is 2.87. The molecule has 0 aliphatic carbocycles. The molecule has 0 heterocycles. The quantitative estimate of drug-likeness (QED) is 0.693. The molecule has 0 fully saturated rings. The zero-order valence-electron chi connectivity index (χ0n) is 9.14. The zero-order chi connectivity index (χ0) is 11.5. The Morgan fingerprint density at radius 2 is 1.93 bits per heavy atom. The molecule has 15 heavy (non-hydrogen) atoms. The van der Waals surface area contributed by atoms with Crippen LogP contribution in [0.25, 0.3) is 0 Å². The molecule has 0 spiro atoms. The third-order valence-electron chi connectivity index (χ3n) is 2.87. The minimum atomic E-state index is -1.36. The van der Waals surface area contributed by atoms with Crippen LogP contribution >= 0.6 is 0 Å². The Morgan fingerprint density at radius 1 is 1.33 bits per heavy atom. The molecule has 0 saturated carbocycles. The van der Waals surface area contributed by atoms with Crippen molar-refractivity contribution < 1.29 is 15.3 Å². The van der Waals surface area contributed by atoms with Gasteiger partial charge in [-0.3, -0.25) is 0 Å². The van der Waals surface area contributed by atoms with E-state index in [1.54, 1.807) is 13.0 Å². The van der Waals surface area contributed by atoms with Gasteiger partial charge in [-0.1, -0.05) is 31.2 Å². The Labute approximate surface area is 90.0 Å². The molecule has 0 radical (unpaired) electrons. The van der Waals surface area contributed by atoms with Gasteiger partial charge in [-0.25, -0.2) is 0 Å². The summed E-state index contributed by atoms with van der Waals surface area (Å²) in [6.07, 6.45) is -0.789. The summed E-state index contributed by atoms with van der Waals surface area (Å²) in [5, 5.41) is 28.9. The second-order valence-corrected chi connectivity index (χ2v) is 3.79. The minimum Gasteiger partial charge on any atom is -0.394 e. The summed E-state index contributed by atoms with van der Waals surface area (Å²) in [6, 6.07) is 7.34. The first-order valence-corrected chi connectivity index (χ1v) is 5.13. The number of benzene rings is 1. The first kappa shape index (κ1) is 12.2. The van der Waals surface area contributed by atoms with Crippen molar-refractivity contribution in [3.63, 3.8) is 0 Å². The van der Waals surface area contributed by atoms with Gasteiger partial charge in [0.05, 0.1) is 6.61 Å². The highest BCUT2D eigenvalue weighted by Gasteiger charge is 2.36. The van der Waals surface area contributed by atoms with E-state index in [0.717, 1.165) is 5.56 Å². The van der Waals surface area contributed by atoms with E-state index in [4.69, 9.17) is 5.11 Å². The van der Waals surface area contributed by atoms with Gasteiger partial charge in [0.1, 0.15) is 11.7 Å². The van der Waals surface area contributed by atoms with Gasteiger partial charge in [-0.05, 0) is 24.5 Å². The number of hydrogen-bond donors (Lipinski definition) is 3. The molecule has 3 nitrogen and oxygen atoms in total. The summed E-state index contributed by atoms with van der Waals surface area (Å²) < 4.78 is 0. The van der Waals surface area contributed by atoms with Gasteiger partial charge in [0.25, 0.3) is 0 Å². The molecule has 1 aromatic rings. The Kier molecular flexibility index (Phi) is 3.85. The fourth-order valence-corrected chi connectivity index (χ4v) is 1.82. The van der Waals surface area contributed by atoms with E-state index in [9.17, 15) is 10.2 Å². The highest BCUT2D eigenvalue weighted by molar-refractivity contribution is 5.32. The summed E-state index contributed by atoms with van der Waals surface area (Å²) in [5.74, 6) is 0. The van der Waals surface area contributed by atoms with Gasteiger partial charge in [0.2, 0.25) is 0 Å². The van der Waals surface area contributed by atoms with E-state index in [1.807, 2.05) is 25.1 Å². The molecule has 0 amide bonds. The number of aryl methyl sites for hydroxylation is 1. The summed E-state index contributed by atoms with van der Waals surface area (Å²) in [5.41, 5.74) is 0.225. The average Bonchev–Trinajstić information content (AvgIpc) is 2.27. The van der Waals surface area contributed by atoms with E-state index in [-0.39, 0.29) is 0 Å². The standard InChI is InChI=1S/C12H18O3/c1-3-12(15,11(14)8-13)10-7-5-4-6-9(10)2/h4-7,11,13-15H,3,8H2,1-2H3. The molecule has 0 aromatic heterocycles. The lowest BCUT2D eigenvalue weighted by atomic mass is 9.83. The van der Waals surface area contributed by atoms with Crippen molar-refractivity contribution in [3.05, 3.63) is 35.4 Å². The highest BCUT2D eigenvalue weighted by Crippen LogP contribution is 2.30. The Bertz CT molecular complexity index is 324. The summed E-state index contributed by atoms with van der Waals surface area (Å²) in [7, 11) is 0. The Balaban J connectivity index is 3.17. The van der Waals surface area contributed by atoms with Gasteiger partial charge >= 0.3 is 0 Å². The van der Waals surface area contributed by atoms with Crippen molar-refractivity contribution >= 4 is 0 Å². The normalized spacial score (nSPS) is 17.1. The van der Waals surface area contributed by atoms with Gasteiger partial charge in [-0.2, -0.15) is 0 Å². The fourth-order valence-electron chi connectivity index (χ4n) is 1.82. The van der Waals surface area contributed by atoms with Gasteiger partial charge in [0.15, 0.2) is 0 Å². The molecule has 84 valence electrons. The topological polar surface area (TPSA) is 60.7 Å². The zero-order valence-corrected chi connectivity index (χ0v) is 9.14. The van der Waals surface area contributed by atoms with Crippen LogP contribution in [0, 0.1) is 6.92 Å². The highest BCUT2D eigenvalue weighted by atomic mass is 16.4. The van der Waals surface area contributed by atoms with Crippen LogP contribution in [-0.2, 0) is 5.60 Å². The maximum atomic E-state index is 10.3. The largest absolute Gasteiger partial charge is 0.394 e. The van der Waals surface area contributed by atoms with E-state index in [0.29, 0.717) is 12.0 Å². The summed E-state index contributed by atoms with van der Waals surface area (Å²) in [6.45, 7) is 3.21. The number of aliphatic hydroxyl groups is 3. The molecule has 1 rings (SSSR count). The Hall–Kier alpha value is -0.900. The molecule has 1 aromatic carbocycles. The number of aliphatic hydroxyl groups excluding tert-OH is 2. The summed E-state index contributed by atoms with van der Waals surface area (Å²) in [4.78, 5) is 0. The molecule has 0 aliphatic rings. The van der Waals surface area contributed by atoms with Crippen LogP contribution in [0.2, 0.25) is 0 Å². The van der Waals surface area contributed by atoms with Gasteiger partial charge in [-0.15, -0.1) is 0 Å². The second kappa shape index (κ2) is 4.75. The van der Waals surface area contributed by atoms with Crippen molar-refractivity contribution in [2.45, 2.75) is 32.0 Å². The molecular formula is C12H18O3. The average molecular weight is 210 g/mol. The van der Waals surface area contributed by atoms with Crippen LogP contribution in [0.3, 0.4) is 0 Å². The Morgan fingerprint density at radius 3 is 2.40 bits per heavy atom. The lowest BCUT2D eigenvalue weighted by molar-refractivity contribution is -0.103. The van der Waals surface area contributed by atoms with Crippen LogP contribution in [0.4, 0.5) is 0 Å². The molecule has 0 saturated heterocycles. The van der Waals surface area contributed by atoms with Crippen molar-refractivity contribution in [3.8, 4) is 0 Å². The summed E-state index contributed by atoms with van der Waals surface area (Å²) >= 11 is 0. The molecule has 2 unspecified atom stereocenters. The predicted molar refractivity (Wildman–Crippen MR) is 58.5 cm³/mol. The van der Waals surface area contributed by atoms with E-state index in [2.05, 4.69) is 0 Å². The smallest absolute Gasteiger partial charge is 0.118 e. The fraction of sp³-hybridized carbons (Fsp3) is 0.500. The maximum absolute atomic E-state index is 10.3. The van der Waals surface area contributed by atoms with Crippen LogP contribution < -0.4 is 0 Å². The molecule has 0 aliphatic heterocycles. The first-order chi connectivity index (χ1) is 7.06.